The Morgan fingerprint density at radius 1 is 1.44 bits per heavy atom. The Morgan fingerprint density at radius 3 is 3.00 bits per heavy atom. The summed E-state index contributed by atoms with van der Waals surface area (Å²) in [7, 11) is 2.10. The van der Waals surface area contributed by atoms with E-state index in [1.807, 2.05) is 0 Å². The van der Waals surface area contributed by atoms with Crippen LogP contribution in [0.15, 0.2) is 11.6 Å². The van der Waals surface area contributed by atoms with Crippen molar-refractivity contribution in [2.45, 2.75) is 51.0 Å². The third-order valence-corrected chi connectivity index (χ3v) is 4.00. The molecular formula is C14H25NO. The summed E-state index contributed by atoms with van der Waals surface area (Å²) in [5, 5.41) is 3.50. The largest absolute Gasteiger partial charge is 0.381 e. The summed E-state index contributed by atoms with van der Waals surface area (Å²) in [6.07, 6.45) is 11.7. The van der Waals surface area contributed by atoms with Crippen molar-refractivity contribution in [3.8, 4) is 0 Å². The molecule has 16 heavy (non-hydrogen) atoms. The van der Waals surface area contributed by atoms with Crippen LogP contribution in [0.5, 0.6) is 0 Å². The highest BCUT2D eigenvalue weighted by atomic mass is 16.5. The average Bonchev–Trinajstić information content (AvgIpc) is 2.38. The van der Waals surface area contributed by atoms with Crippen molar-refractivity contribution >= 4 is 0 Å². The fourth-order valence-corrected chi connectivity index (χ4v) is 2.96. The lowest BCUT2D eigenvalue weighted by Crippen LogP contribution is -2.38. The summed E-state index contributed by atoms with van der Waals surface area (Å²) in [6.45, 7) is 1.93. The van der Waals surface area contributed by atoms with Crippen LogP contribution in [-0.2, 0) is 4.74 Å². The maximum Gasteiger partial charge on any atom is 0.0509 e. The molecule has 0 aromatic heterocycles. The van der Waals surface area contributed by atoms with Crippen molar-refractivity contribution in [2.24, 2.45) is 5.92 Å². The third-order valence-electron chi connectivity index (χ3n) is 4.00. The molecule has 0 saturated carbocycles. The Balaban J connectivity index is 1.86. The van der Waals surface area contributed by atoms with Crippen LogP contribution < -0.4 is 5.32 Å². The normalized spacial score (nSPS) is 28.6. The Hall–Kier alpha value is -0.340. The van der Waals surface area contributed by atoms with Crippen LogP contribution in [0.3, 0.4) is 0 Å². The molecule has 0 bridgehead atoms. The lowest BCUT2D eigenvalue weighted by atomic mass is 9.86. The number of ether oxygens (including phenoxy) is 1. The van der Waals surface area contributed by atoms with Gasteiger partial charge in [0.1, 0.15) is 0 Å². The van der Waals surface area contributed by atoms with Gasteiger partial charge in [-0.25, -0.2) is 0 Å². The van der Waals surface area contributed by atoms with Gasteiger partial charge >= 0.3 is 0 Å². The molecule has 1 saturated heterocycles. The molecule has 1 heterocycles. The molecule has 2 nitrogen and oxygen atoms in total. The summed E-state index contributed by atoms with van der Waals surface area (Å²) >= 11 is 0. The summed E-state index contributed by atoms with van der Waals surface area (Å²) < 4.78 is 5.59. The van der Waals surface area contributed by atoms with Gasteiger partial charge in [0.15, 0.2) is 0 Å². The Kier molecular flexibility index (Phi) is 4.86. The van der Waals surface area contributed by atoms with Gasteiger partial charge in [0, 0.05) is 12.6 Å². The van der Waals surface area contributed by atoms with Gasteiger partial charge in [-0.1, -0.05) is 11.6 Å². The fraction of sp³-hybridized carbons (Fsp3) is 0.857. The number of hydrogen-bond donors (Lipinski definition) is 1. The first-order chi connectivity index (χ1) is 7.90. The second-order valence-corrected chi connectivity index (χ2v) is 5.18. The molecule has 1 fully saturated rings. The zero-order valence-corrected chi connectivity index (χ0v) is 10.5. The van der Waals surface area contributed by atoms with E-state index in [2.05, 4.69) is 18.4 Å². The molecule has 1 aliphatic heterocycles. The van der Waals surface area contributed by atoms with E-state index < -0.39 is 0 Å². The maximum absolute atomic E-state index is 5.59. The average molecular weight is 223 g/mol. The standard InChI is InChI=1S/C14H25NO/c1-15-14(13-8-5-9-16-11-13)10-12-6-3-2-4-7-12/h6,13-15H,2-5,7-11H2,1H3. The maximum atomic E-state index is 5.59. The van der Waals surface area contributed by atoms with Gasteiger partial charge in [0.05, 0.1) is 6.61 Å². The van der Waals surface area contributed by atoms with Crippen LogP contribution in [0.25, 0.3) is 0 Å². The molecular weight excluding hydrogens is 198 g/mol. The highest BCUT2D eigenvalue weighted by Gasteiger charge is 2.23. The minimum Gasteiger partial charge on any atom is -0.381 e. The first-order valence-electron chi connectivity index (χ1n) is 6.83. The summed E-state index contributed by atoms with van der Waals surface area (Å²) in [6, 6.07) is 0.629. The zero-order chi connectivity index (χ0) is 11.2. The molecule has 2 heteroatoms. The van der Waals surface area contributed by atoms with Crippen LogP contribution >= 0.6 is 0 Å². The lowest BCUT2D eigenvalue weighted by molar-refractivity contribution is 0.0403. The molecule has 1 aliphatic carbocycles. The van der Waals surface area contributed by atoms with E-state index in [9.17, 15) is 0 Å². The van der Waals surface area contributed by atoms with Gasteiger partial charge in [0.25, 0.3) is 0 Å². The summed E-state index contributed by atoms with van der Waals surface area (Å²) in [4.78, 5) is 0. The summed E-state index contributed by atoms with van der Waals surface area (Å²) in [5.74, 6) is 0.724. The third kappa shape index (κ3) is 3.33. The minimum absolute atomic E-state index is 0.629. The molecule has 0 spiro atoms. The van der Waals surface area contributed by atoms with Gasteiger partial charge < -0.3 is 10.1 Å². The highest BCUT2D eigenvalue weighted by molar-refractivity contribution is 5.07. The minimum atomic E-state index is 0.629. The van der Waals surface area contributed by atoms with Crippen molar-refractivity contribution < 1.29 is 4.74 Å². The van der Waals surface area contributed by atoms with E-state index in [1.54, 1.807) is 5.57 Å². The van der Waals surface area contributed by atoms with Gasteiger partial charge in [0.2, 0.25) is 0 Å². The molecule has 0 amide bonds. The van der Waals surface area contributed by atoms with E-state index in [4.69, 9.17) is 4.74 Å². The zero-order valence-electron chi connectivity index (χ0n) is 10.5. The van der Waals surface area contributed by atoms with Gasteiger partial charge in [-0.15, -0.1) is 0 Å². The van der Waals surface area contributed by atoms with E-state index in [0.717, 1.165) is 19.1 Å². The molecule has 0 aromatic rings. The molecule has 2 unspecified atom stereocenters. The van der Waals surface area contributed by atoms with Gasteiger partial charge in [-0.05, 0) is 57.9 Å². The quantitative estimate of drug-likeness (QED) is 0.740. The Morgan fingerprint density at radius 2 is 2.38 bits per heavy atom. The lowest BCUT2D eigenvalue weighted by Gasteiger charge is -2.31. The van der Waals surface area contributed by atoms with Gasteiger partial charge in [-0.3, -0.25) is 0 Å². The van der Waals surface area contributed by atoms with Crippen LogP contribution in [-0.4, -0.2) is 26.3 Å². The SMILES string of the molecule is CNC(CC1=CCCCC1)C1CCCOC1. The molecule has 2 atom stereocenters. The van der Waals surface area contributed by atoms with Crippen molar-refractivity contribution in [1.82, 2.24) is 5.32 Å². The number of nitrogens with one attached hydrogen (secondary N) is 1. The monoisotopic (exact) mass is 223 g/mol. The van der Waals surface area contributed by atoms with Crippen LogP contribution in [0, 0.1) is 5.92 Å². The van der Waals surface area contributed by atoms with Gasteiger partial charge in [-0.2, -0.15) is 0 Å². The van der Waals surface area contributed by atoms with Crippen molar-refractivity contribution in [2.75, 3.05) is 20.3 Å². The van der Waals surface area contributed by atoms with Crippen LogP contribution in [0.4, 0.5) is 0 Å². The predicted molar refractivity (Wildman–Crippen MR) is 67.6 cm³/mol. The highest BCUT2D eigenvalue weighted by Crippen LogP contribution is 2.26. The first kappa shape index (κ1) is 12.1. The molecule has 92 valence electrons. The Labute approximate surface area is 99.4 Å². The smallest absolute Gasteiger partial charge is 0.0509 e. The van der Waals surface area contributed by atoms with E-state index in [1.165, 1.54) is 44.9 Å². The topological polar surface area (TPSA) is 21.3 Å². The second kappa shape index (κ2) is 6.41. The molecule has 2 rings (SSSR count). The van der Waals surface area contributed by atoms with Crippen molar-refractivity contribution in [3.63, 3.8) is 0 Å². The summed E-state index contributed by atoms with van der Waals surface area (Å²) in [5.41, 5.74) is 1.68. The van der Waals surface area contributed by atoms with Crippen molar-refractivity contribution in [3.05, 3.63) is 11.6 Å². The number of hydrogen-bond acceptors (Lipinski definition) is 2. The van der Waals surface area contributed by atoms with E-state index >= 15 is 0 Å². The first-order valence-corrected chi connectivity index (χ1v) is 6.83. The van der Waals surface area contributed by atoms with E-state index in [-0.39, 0.29) is 0 Å². The fourth-order valence-electron chi connectivity index (χ4n) is 2.96. The molecule has 0 aromatic carbocycles. The van der Waals surface area contributed by atoms with Crippen molar-refractivity contribution in [1.29, 1.82) is 0 Å². The van der Waals surface area contributed by atoms with Crippen LogP contribution in [0.1, 0.15) is 44.9 Å². The Bertz CT molecular complexity index is 231. The molecule has 2 aliphatic rings. The van der Waals surface area contributed by atoms with E-state index in [0.29, 0.717) is 6.04 Å². The predicted octanol–water partition coefficient (Wildman–Crippen LogP) is 2.89. The van der Waals surface area contributed by atoms with Crippen LogP contribution in [0.2, 0.25) is 0 Å². The molecule has 0 radical (unpaired) electrons. The second-order valence-electron chi connectivity index (χ2n) is 5.18. The number of rotatable bonds is 4. The number of allylic oxidation sites excluding steroid dienone is 1. The molecule has 1 N–H and O–H groups in total.